The third kappa shape index (κ3) is 3.21. The predicted molar refractivity (Wildman–Crippen MR) is 111 cm³/mol. The molecule has 5 aliphatic carbocycles. The highest BCUT2D eigenvalue weighted by Crippen LogP contribution is 2.55. The first kappa shape index (κ1) is 19.0. The lowest BCUT2D eigenvalue weighted by molar-refractivity contribution is -0.136. The van der Waals surface area contributed by atoms with E-state index in [-0.39, 0.29) is 11.9 Å². The van der Waals surface area contributed by atoms with Crippen molar-refractivity contribution in [3.05, 3.63) is 17.5 Å². The molecule has 7 nitrogen and oxygen atoms in total. The van der Waals surface area contributed by atoms with Gasteiger partial charge in [0, 0.05) is 31.2 Å². The number of amides is 1. The van der Waals surface area contributed by atoms with Crippen LogP contribution in [-0.4, -0.2) is 58.9 Å². The Morgan fingerprint density at radius 2 is 1.90 bits per heavy atom. The summed E-state index contributed by atoms with van der Waals surface area (Å²) in [5.74, 6) is 2.54. The smallest absolute Gasteiger partial charge is 0.254 e. The first-order valence-corrected chi connectivity index (χ1v) is 11.8. The van der Waals surface area contributed by atoms with Crippen molar-refractivity contribution in [2.75, 3.05) is 31.2 Å². The van der Waals surface area contributed by atoms with Crippen LogP contribution in [0.5, 0.6) is 0 Å². The molecule has 1 aromatic heterocycles. The van der Waals surface area contributed by atoms with Crippen LogP contribution in [0.3, 0.4) is 0 Å². The minimum atomic E-state index is -0.474. The van der Waals surface area contributed by atoms with Gasteiger partial charge in [-0.1, -0.05) is 6.42 Å². The van der Waals surface area contributed by atoms with Crippen molar-refractivity contribution in [2.45, 2.75) is 68.9 Å². The number of anilines is 1. The van der Waals surface area contributed by atoms with Crippen LogP contribution in [-0.2, 0) is 4.74 Å². The lowest BCUT2D eigenvalue weighted by atomic mass is 9.52. The summed E-state index contributed by atoms with van der Waals surface area (Å²) in [6, 6.07) is 0.183. The summed E-state index contributed by atoms with van der Waals surface area (Å²) in [6.07, 6.45) is 10.1. The molecule has 1 saturated heterocycles. The van der Waals surface area contributed by atoms with Gasteiger partial charge in [-0.3, -0.25) is 4.79 Å². The summed E-state index contributed by atoms with van der Waals surface area (Å²) in [5, 5.41) is 14.2. The molecule has 0 aromatic carbocycles. The second-order valence-corrected chi connectivity index (χ2v) is 10.4. The third-order valence-corrected chi connectivity index (χ3v) is 8.37. The van der Waals surface area contributed by atoms with E-state index < -0.39 is 5.60 Å². The molecular weight excluding hydrogens is 380 g/mol. The van der Waals surface area contributed by atoms with E-state index in [9.17, 15) is 9.90 Å². The molecular formula is C23H32N4O3. The molecule has 1 aliphatic heterocycles. The van der Waals surface area contributed by atoms with Crippen molar-refractivity contribution < 1.29 is 14.6 Å². The van der Waals surface area contributed by atoms with E-state index >= 15 is 0 Å². The minimum Gasteiger partial charge on any atom is -0.390 e. The standard InChI is InChI=1S/C23H32N4O3/c28-21(25-19-16-8-14-9-17(19)12-23(29,10-14)11-16)18-13-24-22(27-4-6-30-7-5-27)26-20(18)15-2-1-3-15/h13-17,19,29H,1-12H2,(H,25,28). The number of nitrogens with one attached hydrogen (secondary N) is 1. The van der Waals surface area contributed by atoms with Crippen molar-refractivity contribution in [3.8, 4) is 0 Å². The summed E-state index contributed by atoms with van der Waals surface area (Å²) >= 11 is 0. The van der Waals surface area contributed by atoms with Crippen LogP contribution in [0.25, 0.3) is 0 Å². The van der Waals surface area contributed by atoms with Crippen molar-refractivity contribution >= 4 is 11.9 Å². The van der Waals surface area contributed by atoms with Crippen LogP contribution >= 0.6 is 0 Å². The number of carbonyl (C=O) groups is 1. The molecule has 162 valence electrons. The Labute approximate surface area is 177 Å². The fraction of sp³-hybridized carbons (Fsp3) is 0.783. The fourth-order valence-corrected chi connectivity index (χ4v) is 6.91. The second kappa shape index (κ2) is 7.16. The molecule has 5 saturated carbocycles. The molecule has 0 radical (unpaired) electrons. The number of hydrogen-bond donors (Lipinski definition) is 2. The number of hydrogen-bond acceptors (Lipinski definition) is 6. The molecule has 2 heterocycles. The topological polar surface area (TPSA) is 87.6 Å². The lowest BCUT2D eigenvalue weighted by Crippen LogP contribution is -2.61. The number of ether oxygens (including phenoxy) is 1. The zero-order valence-corrected chi connectivity index (χ0v) is 17.6. The zero-order valence-electron chi connectivity index (χ0n) is 17.6. The quantitative estimate of drug-likeness (QED) is 0.789. The average molecular weight is 413 g/mol. The minimum absolute atomic E-state index is 0.0186. The molecule has 1 amide bonds. The van der Waals surface area contributed by atoms with Crippen LogP contribution in [0, 0.1) is 17.8 Å². The Balaban J connectivity index is 1.24. The maximum Gasteiger partial charge on any atom is 0.254 e. The monoisotopic (exact) mass is 412 g/mol. The molecule has 7 rings (SSSR count). The first-order valence-electron chi connectivity index (χ1n) is 11.8. The highest BCUT2D eigenvalue weighted by molar-refractivity contribution is 5.95. The van der Waals surface area contributed by atoms with E-state index in [1.165, 1.54) is 6.42 Å². The van der Waals surface area contributed by atoms with Crippen LogP contribution in [0.4, 0.5) is 5.95 Å². The van der Waals surface area contributed by atoms with Crippen molar-refractivity contribution in [3.63, 3.8) is 0 Å². The molecule has 6 fully saturated rings. The van der Waals surface area contributed by atoms with Crippen LogP contribution < -0.4 is 10.2 Å². The third-order valence-electron chi connectivity index (χ3n) is 8.37. The maximum atomic E-state index is 13.4. The van der Waals surface area contributed by atoms with Crippen LogP contribution in [0.1, 0.15) is 73.3 Å². The van der Waals surface area contributed by atoms with E-state index in [1.54, 1.807) is 6.20 Å². The van der Waals surface area contributed by atoms with E-state index in [0.29, 0.717) is 42.4 Å². The van der Waals surface area contributed by atoms with Gasteiger partial charge in [0.2, 0.25) is 5.95 Å². The summed E-state index contributed by atoms with van der Waals surface area (Å²) < 4.78 is 5.45. The van der Waals surface area contributed by atoms with Gasteiger partial charge in [0.15, 0.2) is 0 Å². The lowest BCUT2D eigenvalue weighted by Gasteiger charge is -2.58. The number of rotatable bonds is 4. The van der Waals surface area contributed by atoms with Gasteiger partial charge >= 0.3 is 0 Å². The Morgan fingerprint density at radius 3 is 2.53 bits per heavy atom. The highest BCUT2D eigenvalue weighted by atomic mass is 16.5. The molecule has 2 unspecified atom stereocenters. The fourth-order valence-electron chi connectivity index (χ4n) is 6.91. The van der Waals surface area contributed by atoms with Crippen LogP contribution in [0.15, 0.2) is 6.20 Å². The van der Waals surface area contributed by atoms with E-state index in [0.717, 1.165) is 69.7 Å². The van der Waals surface area contributed by atoms with Gasteiger partial charge in [0.1, 0.15) is 0 Å². The Kier molecular flexibility index (Phi) is 4.53. The number of aliphatic hydroxyl groups is 1. The van der Waals surface area contributed by atoms with Gasteiger partial charge in [0.25, 0.3) is 5.91 Å². The normalized spacial score (nSPS) is 37.8. The number of carbonyl (C=O) groups excluding carboxylic acids is 1. The first-order chi connectivity index (χ1) is 14.6. The molecule has 2 N–H and O–H groups in total. The number of morpholine rings is 1. The molecule has 6 aliphatic rings. The molecule has 0 spiro atoms. The average Bonchev–Trinajstić information content (AvgIpc) is 2.69. The summed E-state index contributed by atoms with van der Waals surface area (Å²) in [4.78, 5) is 25.0. The van der Waals surface area contributed by atoms with Crippen molar-refractivity contribution in [1.29, 1.82) is 0 Å². The van der Waals surface area contributed by atoms with Gasteiger partial charge < -0.3 is 20.1 Å². The van der Waals surface area contributed by atoms with Gasteiger partial charge in [-0.2, -0.15) is 0 Å². The Morgan fingerprint density at radius 1 is 1.17 bits per heavy atom. The Bertz CT molecular complexity index is 820. The molecule has 7 heteroatoms. The zero-order chi connectivity index (χ0) is 20.3. The Hall–Kier alpha value is -1.73. The van der Waals surface area contributed by atoms with Crippen LogP contribution in [0.2, 0.25) is 0 Å². The number of nitrogens with zero attached hydrogens (tertiary/aromatic N) is 3. The summed E-state index contributed by atoms with van der Waals surface area (Å²) in [7, 11) is 0. The SMILES string of the molecule is O=C(NC1C2CC3CC1CC(O)(C3)C2)c1cnc(N2CCOCC2)nc1C1CCC1. The van der Waals surface area contributed by atoms with Gasteiger partial charge in [0.05, 0.1) is 30.1 Å². The van der Waals surface area contributed by atoms with Crippen molar-refractivity contribution in [1.82, 2.24) is 15.3 Å². The molecule has 30 heavy (non-hydrogen) atoms. The van der Waals surface area contributed by atoms with Crippen molar-refractivity contribution in [2.24, 2.45) is 17.8 Å². The maximum absolute atomic E-state index is 13.4. The van der Waals surface area contributed by atoms with Gasteiger partial charge in [-0.25, -0.2) is 9.97 Å². The van der Waals surface area contributed by atoms with E-state index in [1.807, 2.05) is 0 Å². The summed E-state index contributed by atoms with van der Waals surface area (Å²) in [6.45, 7) is 2.99. The largest absolute Gasteiger partial charge is 0.390 e. The molecule has 1 aromatic rings. The van der Waals surface area contributed by atoms with Gasteiger partial charge in [-0.05, 0) is 62.7 Å². The molecule has 4 bridgehead atoms. The highest BCUT2D eigenvalue weighted by Gasteiger charge is 2.55. The van der Waals surface area contributed by atoms with E-state index in [4.69, 9.17) is 9.72 Å². The van der Waals surface area contributed by atoms with E-state index in [2.05, 4.69) is 15.2 Å². The summed E-state index contributed by atoms with van der Waals surface area (Å²) in [5.41, 5.74) is 1.11. The number of aromatic nitrogens is 2. The molecule has 2 atom stereocenters. The second-order valence-electron chi connectivity index (χ2n) is 10.4. The van der Waals surface area contributed by atoms with Gasteiger partial charge in [-0.15, -0.1) is 0 Å². The predicted octanol–water partition coefficient (Wildman–Crippen LogP) is 2.25.